The van der Waals surface area contributed by atoms with Gasteiger partial charge in [-0.1, -0.05) is 23.5 Å². The Kier molecular flexibility index (Phi) is 5.85. The zero-order chi connectivity index (χ0) is 16.1. The van der Waals surface area contributed by atoms with Crippen LogP contribution in [0.2, 0.25) is 0 Å². The van der Waals surface area contributed by atoms with Gasteiger partial charge in [-0.15, -0.1) is 0 Å². The molecular formula is C16H21N3O2S2. The SMILES string of the molecule is C[C@H](SC1=NCCS1)C(=O)Nc1ccc(N2CCOCC2)cc1. The Morgan fingerprint density at radius 1 is 1.35 bits per heavy atom. The summed E-state index contributed by atoms with van der Waals surface area (Å²) >= 11 is 3.27. The molecule has 0 saturated carbocycles. The topological polar surface area (TPSA) is 53.9 Å². The highest BCUT2D eigenvalue weighted by molar-refractivity contribution is 8.39. The highest BCUT2D eigenvalue weighted by Crippen LogP contribution is 2.26. The molecule has 1 atom stereocenters. The Labute approximate surface area is 145 Å². The van der Waals surface area contributed by atoms with Crippen LogP contribution in [-0.4, -0.2) is 54.1 Å². The summed E-state index contributed by atoms with van der Waals surface area (Å²) in [6, 6.07) is 8.02. The molecule has 2 aliphatic rings. The molecule has 7 heteroatoms. The average molecular weight is 351 g/mol. The molecule has 1 aromatic carbocycles. The van der Waals surface area contributed by atoms with Crippen LogP contribution in [0.5, 0.6) is 0 Å². The van der Waals surface area contributed by atoms with Crippen LogP contribution in [0.3, 0.4) is 0 Å². The quantitative estimate of drug-likeness (QED) is 0.904. The number of morpholine rings is 1. The fourth-order valence-corrected chi connectivity index (χ4v) is 4.54. The lowest BCUT2D eigenvalue weighted by Crippen LogP contribution is -2.36. The third-order valence-electron chi connectivity index (χ3n) is 3.72. The van der Waals surface area contributed by atoms with Crippen molar-refractivity contribution in [3.8, 4) is 0 Å². The second-order valence-corrected chi connectivity index (χ2v) is 8.06. The first-order valence-electron chi connectivity index (χ1n) is 7.80. The van der Waals surface area contributed by atoms with Crippen LogP contribution in [0, 0.1) is 0 Å². The van der Waals surface area contributed by atoms with Crippen molar-refractivity contribution in [1.29, 1.82) is 0 Å². The largest absolute Gasteiger partial charge is 0.378 e. The number of amides is 1. The van der Waals surface area contributed by atoms with E-state index in [4.69, 9.17) is 4.74 Å². The van der Waals surface area contributed by atoms with Crippen molar-refractivity contribution in [3.05, 3.63) is 24.3 Å². The molecule has 0 unspecified atom stereocenters. The van der Waals surface area contributed by atoms with Gasteiger partial charge in [0.15, 0.2) is 0 Å². The second-order valence-electron chi connectivity index (χ2n) is 5.39. The van der Waals surface area contributed by atoms with E-state index < -0.39 is 0 Å². The highest BCUT2D eigenvalue weighted by Gasteiger charge is 2.19. The highest BCUT2D eigenvalue weighted by atomic mass is 32.2. The van der Waals surface area contributed by atoms with Crippen molar-refractivity contribution in [2.75, 3.05) is 48.8 Å². The Morgan fingerprint density at radius 2 is 2.09 bits per heavy atom. The Hall–Kier alpha value is -1.18. The van der Waals surface area contributed by atoms with E-state index in [1.807, 2.05) is 19.1 Å². The molecule has 0 bridgehead atoms. The summed E-state index contributed by atoms with van der Waals surface area (Å²) in [5.74, 6) is 1.05. The first-order chi connectivity index (χ1) is 11.2. The molecule has 5 nitrogen and oxygen atoms in total. The molecule has 1 fully saturated rings. The number of rotatable bonds is 4. The molecule has 2 heterocycles. The van der Waals surface area contributed by atoms with Gasteiger partial charge < -0.3 is 15.0 Å². The van der Waals surface area contributed by atoms with Crippen LogP contribution >= 0.6 is 23.5 Å². The lowest BCUT2D eigenvalue weighted by atomic mass is 10.2. The van der Waals surface area contributed by atoms with Crippen LogP contribution in [0.25, 0.3) is 0 Å². The van der Waals surface area contributed by atoms with Crippen LogP contribution in [0.15, 0.2) is 29.3 Å². The van der Waals surface area contributed by atoms with E-state index in [0.717, 1.165) is 48.7 Å². The third-order valence-corrected chi connectivity index (χ3v) is 6.02. The van der Waals surface area contributed by atoms with E-state index in [1.165, 1.54) is 17.4 Å². The summed E-state index contributed by atoms with van der Waals surface area (Å²) in [4.78, 5) is 18.9. The lowest BCUT2D eigenvalue weighted by Gasteiger charge is -2.28. The molecule has 0 aliphatic carbocycles. The number of ether oxygens (including phenoxy) is 1. The van der Waals surface area contributed by atoms with Crippen LogP contribution in [0.1, 0.15) is 6.92 Å². The number of carbonyl (C=O) groups excluding carboxylic acids is 1. The number of nitrogens with one attached hydrogen (secondary N) is 1. The van der Waals surface area contributed by atoms with Gasteiger partial charge in [0.2, 0.25) is 5.91 Å². The van der Waals surface area contributed by atoms with Gasteiger partial charge in [-0.25, -0.2) is 0 Å². The first kappa shape index (κ1) is 16.7. The molecule has 1 saturated heterocycles. The summed E-state index contributed by atoms with van der Waals surface area (Å²) in [6.07, 6.45) is 0. The minimum atomic E-state index is -0.140. The maximum absolute atomic E-state index is 12.3. The summed E-state index contributed by atoms with van der Waals surface area (Å²) in [5.41, 5.74) is 2.01. The molecule has 0 radical (unpaired) electrons. The van der Waals surface area contributed by atoms with Crippen molar-refractivity contribution >= 4 is 45.2 Å². The summed E-state index contributed by atoms with van der Waals surface area (Å²) < 4.78 is 6.39. The van der Waals surface area contributed by atoms with E-state index in [9.17, 15) is 4.79 Å². The number of hydrogen-bond acceptors (Lipinski definition) is 6. The minimum Gasteiger partial charge on any atom is -0.378 e. The molecule has 0 spiro atoms. The zero-order valence-corrected chi connectivity index (χ0v) is 14.8. The van der Waals surface area contributed by atoms with Gasteiger partial charge in [0, 0.05) is 30.2 Å². The number of carbonyl (C=O) groups is 1. The smallest absolute Gasteiger partial charge is 0.237 e. The fourth-order valence-electron chi connectivity index (χ4n) is 2.41. The molecule has 1 aromatic rings. The summed E-state index contributed by atoms with van der Waals surface area (Å²) in [5, 5.41) is 2.84. The summed E-state index contributed by atoms with van der Waals surface area (Å²) in [6.45, 7) is 6.16. The molecule has 124 valence electrons. The molecule has 2 aliphatic heterocycles. The molecule has 1 amide bonds. The predicted octanol–water partition coefficient (Wildman–Crippen LogP) is 2.69. The van der Waals surface area contributed by atoms with Gasteiger partial charge in [0.05, 0.1) is 25.0 Å². The molecule has 0 aromatic heterocycles. The molecule has 23 heavy (non-hydrogen) atoms. The normalized spacial score (nSPS) is 19.3. The van der Waals surface area contributed by atoms with E-state index >= 15 is 0 Å². The maximum atomic E-state index is 12.3. The van der Waals surface area contributed by atoms with Crippen LogP contribution in [-0.2, 0) is 9.53 Å². The number of hydrogen-bond donors (Lipinski definition) is 1. The Morgan fingerprint density at radius 3 is 2.74 bits per heavy atom. The van der Waals surface area contributed by atoms with Crippen molar-refractivity contribution in [2.45, 2.75) is 12.2 Å². The van der Waals surface area contributed by atoms with E-state index in [1.54, 1.807) is 11.8 Å². The van der Waals surface area contributed by atoms with Gasteiger partial charge >= 0.3 is 0 Å². The van der Waals surface area contributed by atoms with Gasteiger partial charge in [-0.2, -0.15) is 0 Å². The number of aliphatic imine (C=N–C) groups is 1. The van der Waals surface area contributed by atoms with E-state index in [2.05, 4.69) is 27.3 Å². The monoisotopic (exact) mass is 351 g/mol. The molecule has 1 N–H and O–H groups in total. The molecular weight excluding hydrogens is 330 g/mol. The van der Waals surface area contributed by atoms with Gasteiger partial charge in [-0.3, -0.25) is 9.79 Å². The Bertz CT molecular complexity index is 571. The third kappa shape index (κ3) is 4.65. The lowest BCUT2D eigenvalue weighted by molar-refractivity contribution is -0.115. The van der Waals surface area contributed by atoms with Crippen molar-refractivity contribution in [1.82, 2.24) is 0 Å². The number of nitrogens with zero attached hydrogens (tertiary/aromatic N) is 2. The standard InChI is InChI=1S/C16H21N3O2S2/c1-12(23-16-17-6-11-22-16)15(20)18-13-2-4-14(5-3-13)19-7-9-21-10-8-19/h2-5,12H,6-11H2,1H3,(H,18,20)/t12-/m0/s1. The first-order valence-corrected chi connectivity index (χ1v) is 9.66. The van der Waals surface area contributed by atoms with Gasteiger partial charge in [0.25, 0.3) is 0 Å². The predicted molar refractivity (Wildman–Crippen MR) is 99.9 cm³/mol. The summed E-state index contributed by atoms with van der Waals surface area (Å²) in [7, 11) is 0. The Balaban J connectivity index is 1.53. The van der Waals surface area contributed by atoms with Crippen molar-refractivity contribution < 1.29 is 9.53 Å². The van der Waals surface area contributed by atoms with E-state index in [-0.39, 0.29) is 11.2 Å². The van der Waals surface area contributed by atoms with Crippen molar-refractivity contribution in [2.24, 2.45) is 4.99 Å². The van der Waals surface area contributed by atoms with Gasteiger partial charge in [0.1, 0.15) is 4.38 Å². The zero-order valence-electron chi connectivity index (χ0n) is 13.2. The maximum Gasteiger partial charge on any atom is 0.237 e. The average Bonchev–Trinajstić information content (AvgIpc) is 3.09. The second kappa shape index (κ2) is 8.08. The van der Waals surface area contributed by atoms with E-state index in [0.29, 0.717) is 0 Å². The van der Waals surface area contributed by atoms with Crippen LogP contribution in [0.4, 0.5) is 11.4 Å². The minimum absolute atomic E-state index is 0.0179. The molecule has 3 rings (SSSR count). The van der Waals surface area contributed by atoms with Crippen LogP contribution < -0.4 is 10.2 Å². The fraction of sp³-hybridized carbons (Fsp3) is 0.500. The number of thioether (sulfide) groups is 2. The van der Waals surface area contributed by atoms with Crippen molar-refractivity contribution in [3.63, 3.8) is 0 Å². The number of anilines is 2. The van der Waals surface area contributed by atoms with Gasteiger partial charge in [-0.05, 0) is 31.2 Å². The number of benzene rings is 1.